The van der Waals surface area contributed by atoms with E-state index in [9.17, 15) is 9.59 Å². The Morgan fingerprint density at radius 2 is 1.89 bits per heavy atom. The van der Waals surface area contributed by atoms with Crippen LogP contribution in [0.3, 0.4) is 0 Å². The highest BCUT2D eigenvalue weighted by Gasteiger charge is 2.55. The van der Waals surface area contributed by atoms with E-state index in [1.54, 1.807) is 24.3 Å². The van der Waals surface area contributed by atoms with Gasteiger partial charge in [-0.05, 0) is 43.5 Å². The second-order valence-electron chi connectivity index (χ2n) is 4.67. The summed E-state index contributed by atoms with van der Waals surface area (Å²) in [5, 5.41) is 11.5. The van der Waals surface area contributed by atoms with Crippen LogP contribution in [0.15, 0.2) is 24.3 Å². The first-order valence-electron chi connectivity index (χ1n) is 5.83. The number of nitriles is 1. The molecule has 0 radical (unpaired) electrons. The summed E-state index contributed by atoms with van der Waals surface area (Å²) in [6.07, 6.45) is 2.39. The smallest absolute Gasteiger partial charge is 0.323 e. The van der Waals surface area contributed by atoms with E-state index >= 15 is 0 Å². The summed E-state index contributed by atoms with van der Waals surface area (Å²) in [4.78, 5) is 25.3. The standard InChI is InChI=1S/C13H11N3O2/c14-8-9-2-4-10(5-3-9)16-11(17)13(6-1-7-13)15-12(16)18/h2-5H,1,6-7H2,(H,15,18). The predicted octanol–water partition coefficient (Wildman–Crippen LogP) is 1.54. The van der Waals surface area contributed by atoms with Gasteiger partial charge in [-0.3, -0.25) is 4.79 Å². The van der Waals surface area contributed by atoms with Crippen LogP contribution >= 0.6 is 0 Å². The summed E-state index contributed by atoms with van der Waals surface area (Å²) in [5.74, 6) is -0.177. The van der Waals surface area contributed by atoms with Crippen molar-refractivity contribution in [1.82, 2.24) is 5.32 Å². The number of benzene rings is 1. The van der Waals surface area contributed by atoms with Crippen molar-refractivity contribution in [3.8, 4) is 6.07 Å². The Bertz CT molecular complexity index is 567. The number of urea groups is 1. The fourth-order valence-corrected chi connectivity index (χ4v) is 2.41. The summed E-state index contributed by atoms with van der Waals surface area (Å²) in [7, 11) is 0. The molecule has 90 valence electrons. The van der Waals surface area contributed by atoms with Crippen LogP contribution in [0.25, 0.3) is 0 Å². The van der Waals surface area contributed by atoms with Crippen LogP contribution in [-0.4, -0.2) is 17.5 Å². The van der Waals surface area contributed by atoms with Gasteiger partial charge >= 0.3 is 6.03 Å². The van der Waals surface area contributed by atoms with E-state index in [-0.39, 0.29) is 11.9 Å². The third-order valence-corrected chi connectivity index (χ3v) is 3.62. The Hall–Kier alpha value is -2.35. The summed E-state index contributed by atoms with van der Waals surface area (Å²) >= 11 is 0. The predicted molar refractivity (Wildman–Crippen MR) is 63.8 cm³/mol. The molecule has 1 saturated carbocycles. The molecule has 1 aliphatic heterocycles. The van der Waals surface area contributed by atoms with Gasteiger partial charge in [0.25, 0.3) is 5.91 Å². The zero-order valence-corrected chi connectivity index (χ0v) is 9.64. The average molecular weight is 241 g/mol. The van der Waals surface area contributed by atoms with E-state index in [4.69, 9.17) is 5.26 Å². The van der Waals surface area contributed by atoms with E-state index < -0.39 is 5.54 Å². The van der Waals surface area contributed by atoms with Gasteiger partial charge in [0.1, 0.15) is 5.54 Å². The summed E-state index contributed by atoms with van der Waals surface area (Å²) in [6, 6.07) is 8.07. The molecule has 1 aromatic rings. The maximum Gasteiger partial charge on any atom is 0.329 e. The summed E-state index contributed by atoms with van der Waals surface area (Å²) < 4.78 is 0. The molecule has 18 heavy (non-hydrogen) atoms. The van der Waals surface area contributed by atoms with Crippen LogP contribution < -0.4 is 10.2 Å². The molecule has 0 atom stereocenters. The van der Waals surface area contributed by atoms with E-state index in [0.29, 0.717) is 24.1 Å². The Morgan fingerprint density at radius 3 is 2.33 bits per heavy atom. The van der Waals surface area contributed by atoms with E-state index in [2.05, 4.69) is 5.32 Å². The zero-order valence-electron chi connectivity index (χ0n) is 9.64. The van der Waals surface area contributed by atoms with Crippen molar-refractivity contribution in [2.45, 2.75) is 24.8 Å². The first-order valence-corrected chi connectivity index (χ1v) is 5.83. The fourth-order valence-electron chi connectivity index (χ4n) is 2.41. The van der Waals surface area contributed by atoms with Gasteiger partial charge in [0.05, 0.1) is 17.3 Å². The molecule has 5 heteroatoms. The van der Waals surface area contributed by atoms with E-state index in [0.717, 1.165) is 6.42 Å². The second-order valence-corrected chi connectivity index (χ2v) is 4.67. The maximum atomic E-state index is 12.3. The molecule has 1 aliphatic carbocycles. The van der Waals surface area contributed by atoms with Crippen LogP contribution in [0, 0.1) is 11.3 Å². The minimum absolute atomic E-state index is 0.177. The number of nitrogens with zero attached hydrogens (tertiary/aromatic N) is 2. The van der Waals surface area contributed by atoms with Gasteiger partial charge in [-0.15, -0.1) is 0 Å². The van der Waals surface area contributed by atoms with Crippen molar-refractivity contribution in [2.24, 2.45) is 0 Å². The third-order valence-electron chi connectivity index (χ3n) is 3.62. The highest BCUT2D eigenvalue weighted by molar-refractivity contribution is 6.23. The Balaban J connectivity index is 1.94. The number of anilines is 1. The topological polar surface area (TPSA) is 73.2 Å². The molecule has 1 spiro atoms. The van der Waals surface area contributed by atoms with Crippen LogP contribution in [0.4, 0.5) is 10.5 Å². The van der Waals surface area contributed by atoms with Crippen LogP contribution in [-0.2, 0) is 4.79 Å². The Kier molecular flexibility index (Phi) is 2.14. The third kappa shape index (κ3) is 1.32. The van der Waals surface area contributed by atoms with Crippen molar-refractivity contribution in [2.75, 3.05) is 4.90 Å². The summed E-state index contributed by atoms with van der Waals surface area (Å²) in [5.41, 5.74) is 0.356. The Labute approximate surface area is 104 Å². The minimum Gasteiger partial charge on any atom is -0.323 e. The highest BCUT2D eigenvalue weighted by Crippen LogP contribution is 2.38. The zero-order chi connectivity index (χ0) is 12.8. The molecule has 5 nitrogen and oxygen atoms in total. The molecular formula is C13H11N3O2. The van der Waals surface area contributed by atoms with Gasteiger partial charge in [-0.25, -0.2) is 9.69 Å². The number of imide groups is 1. The first-order chi connectivity index (χ1) is 8.66. The molecule has 1 heterocycles. The number of rotatable bonds is 1. The van der Waals surface area contributed by atoms with Crippen LogP contribution in [0.2, 0.25) is 0 Å². The average Bonchev–Trinajstić information content (AvgIpc) is 2.61. The molecule has 3 amide bonds. The molecule has 1 saturated heterocycles. The number of hydrogen-bond acceptors (Lipinski definition) is 3. The normalized spacial score (nSPS) is 20.5. The van der Waals surface area contributed by atoms with Crippen molar-refractivity contribution in [3.05, 3.63) is 29.8 Å². The van der Waals surface area contributed by atoms with Crippen LogP contribution in [0.5, 0.6) is 0 Å². The first kappa shape index (κ1) is 10.8. The quantitative estimate of drug-likeness (QED) is 0.758. The van der Waals surface area contributed by atoms with Gasteiger partial charge < -0.3 is 5.32 Å². The van der Waals surface area contributed by atoms with Crippen molar-refractivity contribution in [3.63, 3.8) is 0 Å². The molecule has 2 fully saturated rings. The van der Waals surface area contributed by atoms with E-state index in [1.807, 2.05) is 6.07 Å². The lowest BCUT2D eigenvalue weighted by Crippen LogP contribution is -2.52. The molecule has 0 aromatic heterocycles. The number of carbonyl (C=O) groups excluding carboxylic acids is 2. The maximum absolute atomic E-state index is 12.3. The van der Waals surface area contributed by atoms with E-state index in [1.165, 1.54) is 4.90 Å². The highest BCUT2D eigenvalue weighted by atomic mass is 16.2. The van der Waals surface area contributed by atoms with Crippen molar-refractivity contribution in [1.29, 1.82) is 5.26 Å². The molecule has 2 aliphatic rings. The second kappa shape index (κ2) is 3.57. The Morgan fingerprint density at radius 1 is 1.22 bits per heavy atom. The minimum atomic E-state index is -0.662. The van der Waals surface area contributed by atoms with Gasteiger partial charge in [0.2, 0.25) is 0 Å². The molecule has 0 bridgehead atoms. The SMILES string of the molecule is N#Cc1ccc(N2C(=O)NC3(CCC3)C2=O)cc1. The lowest BCUT2D eigenvalue weighted by molar-refractivity contribution is -0.124. The lowest BCUT2D eigenvalue weighted by Gasteiger charge is -2.34. The number of hydrogen-bond donors (Lipinski definition) is 1. The molecule has 1 aromatic carbocycles. The van der Waals surface area contributed by atoms with Gasteiger partial charge in [-0.1, -0.05) is 0 Å². The molecule has 3 rings (SSSR count). The van der Waals surface area contributed by atoms with Crippen molar-refractivity contribution >= 4 is 17.6 Å². The number of nitrogens with one attached hydrogen (secondary N) is 1. The number of amides is 3. The lowest BCUT2D eigenvalue weighted by atomic mass is 9.77. The van der Waals surface area contributed by atoms with Gasteiger partial charge in [0, 0.05) is 0 Å². The van der Waals surface area contributed by atoms with Gasteiger partial charge in [-0.2, -0.15) is 5.26 Å². The molecular weight excluding hydrogens is 230 g/mol. The van der Waals surface area contributed by atoms with Crippen molar-refractivity contribution < 1.29 is 9.59 Å². The molecule has 1 N–H and O–H groups in total. The van der Waals surface area contributed by atoms with Crippen LogP contribution in [0.1, 0.15) is 24.8 Å². The van der Waals surface area contributed by atoms with Gasteiger partial charge in [0.15, 0.2) is 0 Å². The monoisotopic (exact) mass is 241 g/mol. The fraction of sp³-hybridized carbons (Fsp3) is 0.308. The molecule has 0 unspecified atom stereocenters. The number of carbonyl (C=O) groups is 2. The largest absolute Gasteiger partial charge is 0.329 e. The summed E-state index contributed by atoms with van der Waals surface area (Å²) in [6.45, 7) is 0.